The molecule has 4 saturated heterocycles. The number of guanidine groups is 2. The number of nitrogens with one attached hydrogen (secondary N) is 18. The fraction of sp³-hybridized carbons (Fsp3) is 0.571. The Kier molecular flexibility index (Phi) is 42.4. The summed E-state index contributed by atoms with van der Waals surface area (Å²) in [6, 6.07) is -11.2. The van der Waals surface area contributed by atoms with Gasteiger partial charge < -0.3 is 152 Å². The van der Waals surface area contributed by atoms with Gasteiger partial charge in [0.25, 0.3) is 0 Å². The largest absolute Gasteiger partial charge is 0.481 e. The molecule has 4 fully saturated rings. The van der Waals surface area contributed by atoms with Gasteiger partial charge in [0.2, 0.25) is 94.5 Å². The lowest BCUT2D eigenvalue weighted by Gasteiger charge is -2.34. The van der Waals surface area contributed by atoms with Gasteiger partial charge in [0.05, 0.1) is 38.9 Å². The number of carbonyl (C=O) groups is 18. The number of aliphatic carboxylic acids is 2. The zero-order valence-corrected chi connectivity index (χ0v) is 77.6. The number of nitrogens with two attached hydrogens (primary N) is 3. The first-order valence-corrected chi connectivity index (χ1v) is 47.0. The van der Waals surface area contributed by atoms with E-state index < -0.39 is 272 Å². The Bertz CT molecular complexity index is 4970. The van der Waals surface area contributed by atoms with Crippen molar-refractivity contribution in [2.45, 2.75) is 212 Å². The summed E-state index contributed by atoms with van der Waals surface area (Å²) in [6.45, 7) is -2.84. The lowest BCUT2D eigenvalue weighted by molar-refractivity contribution is -0.150. The van der Waals surface area contributed by atoms with E-state index in [0.29, 0.717) is 40.6 Å². The normalized spacial score (nSPS) is 18.6. The number of aliphatic hydroxyl groups excluding tert-OH is 4. The van der Waals surface area contributed by atoms with Crippen LogP contribution in [0.4, 0.5) is 0 Å². The van der Waals surface area contributed by atoms with E-state index in [-0.39, 0.29) is 116 Å². The topological polar surface area (TPSA) is 767 Å². The number of rotatable bonds is 52. The van der Waals surface area contributed by atoms with Gasteiger partial charge in [-0.15, -0.1) is 0 Å². The maximum atomic E-state index is 15.2. The number of carboxylic acid groups (broad SMARTS) is 2. The molecule has 16 amide bonds. The van der Waals surface area contributed by atoms with Crippen LogP contribution in [0.3, 0.4) is 0 Å². The number of carbonyl (C=O) groups excluding carboxylic acids is 16. The third-order valence-corrected chi connectivity index (χ3v) is 24.9. The Labute approximate surface area is 795 Å². The Morgan fingerprint density at radius 2 is 0.831 bits per heavy atom. The van der Waals surface area contributed by atoms with Gasteiger partial charge in [-0.2, -0.15) is 37.0 Å². The van der Waals surface area contributed by atoms with Crippen molar-refractivity contribution in [2.75, 3.05) is 89.1 Å². The summed E-state index contributed by atoms with van der Waals surface area (Å²) in [5.74, 6) is -20.4. The molecule has 52 heteroatoms. The number of hydrogen-bond acceptors (Lipinski definition) is 28. The molecule has 0 spiro atoms. The van der Waals surface area contributed by atoms with Crippen LogP contribution in [0.1, 0.15) is 108 Å². The highest BCUT2D eigenvalue weighted by Crippen LogP contribution is 2.29. The summed E-state index contributed by atoms with van der Waals surface area (Å²) in [5, 5.41) is 114. The van der Waals surface area contributed by atoms with Crippen molar-refractivity contribution in [3.63, 3.8) is 0 Å². The van der Waals surface area contributed by atoms with Crippen LogP contribution in [-0.2, 0) is 99.1 Å². The molecule has 30 N–H and O–H groups in total. The molecule has 2 aromatic heterocycles. The van der Waals surface area contributed by atoms with Gasteiger partial charge in [0.15, 0.2) is 11.9 Å². The SMILES string of the molecule is CSCC[C@H](NC(=O)[C@@H](NC(=O)[C@@H]1CCCN1C(=O)[C@@H]1CCCN1C(=O)[C@H](CO)NC(=O)[C@@H]1CCCN1C(=O)[C@H](Cc1c[nH]c2ccccc12)NC(=O)[C@H](CS)NC(=O)[C@H](CO)NC(=O)[C@H](CC(=O)O)NC(=O)[C@H](CCCNC(=N)N)NC(=O)[C@H](CCCNC(=N)N)NC(=O)[C@H](CO)NC(=O)[C@H](CS)NC(=O)[C@H](Cc1c[nH]c2ccccc12)NC(=O)CN)[C@@H](C)O)C(=O)N1CCC[C@H]1C(=O)O. The molecule has 0 aliphatic carbocycles. The molecule has 17 atom stereocenters. The minimum absolute atomic E-state index is 0.00870. The molecule has 0 unspecified atom stereocenters. The minimum Gasteiger partial charge on any atom is -0.481 e. The lowest BCUT2D eigenvalue weighted by atomic mass is 10.0. The molecule has 49 nitrogen and oxygen atoms in total. The monoisotopic (exact) mass is 1960 g/mol. The van der Waals surface area contributed by atoms with E-state index in [1.54, 1.807) is 67.2 Å². The smallest absolute Gasteiger partial charge is 0.326 e. The second kappa shape index (κ2) is 53.0. The van der Waals surface area contributed by atoms with Crippen LogP contribution < -0.4 is 91.6 Å². The van der Waals surface area contributed by atoms with Gasteiger partial charge in [-0.05, 0) is 126 Å². The number of fused-ring (bicyclic) bond motifs is 2. The number of benzene rings is 2. The average molecular weight is 1960 g/mol. The molecule has 746 valence electrons. The summed E-state index contributed by atoms with van der Waals surface area (Å²) >= 11 is 9.89. The van der Waals surface area contributed by atoms with Crippen molar-refractivity contribution in [2.24, 2.45) is 17.2 Å². The Morgan fingerprint density at radius 3 is 1.29 bits per heavy atom. The molecule has 4 aliphatic heterocycles. The van der Waals surface area contributed by atoms with Crippen molar-refractivity contribution >= 4 is 177 Å². The summed E-state index contributed by atoms with van der Waals surface area (Å²) in [6.07, 6.45) is 2.62. The van der Waals surface area contributed by atoms with Crippen molar-refractivity contribution in [1.82, 2.24) is 104 Å². The summed E-state index contributed by atoms with van der Waals surface area (Å²) < 4.78 is 0. The number of nitrogens with zero attached hydrogens (tertiary/aromatic N) is 4. The number of thiol groups is 2. The van der Waals surface area contributed by atoms with Crippen LogP contribution in [0.5, 0.6) is 0 Å². The van der Waals surface area contributed by atoms with E-state index in [1.165, 1.54) is 28.5 Å². The molecular weight excluding hydrogens is 1840 g/mol. The fourth-order valence-corrected chi connectivity index (χ4v) is 17.5. The molecule has 0 saturated carbocycles. The van der Waals surface area contributed by atoms with Crippen molar-refractivity contribution in [3.8, 4) is 0 Å². The van der Waals surface area contributed by atoms with Gasteiger partial charge in [-0.25, -0.2) is 4.79 Å². The van der Waals surface area contributed by atoms with E-state index in [4.69, 9.17) is 28.0 Å². The molecule has 2 aromatic carbocycles. The van der Waals surface area contributed by atoms with Gasteiger partial charge >= 0.3 is 11.9 Å². The van der Waals surface area contributed by atoms with Crippen LogP contribution in [0.25, 0.3) is 21.8 Å². The van der Waals surface area contributed by atoms with Crippen molar-refractivity contribution in [1.29, 1.82) is 10.8 Å². The van der Waals surface area contributed by atoms with Crippen LogP contribution >= 0.6 is 37.0 Å². The fourth-order valence-electron chi connectivity index (χ4n) is 16.5. The van der Waals surface area contributed by atoms with Crippen molar-refractivity contribution < 1.29 is 117 Å². The van der Waals surface area contributed by atoms with Crippen LogP contribution in [0, 0.1) is 10.8 Å². The Hall–Kier alpha value is -12.6. The molecular formula is C84H123N25O24S3. The van der Waals surface area contributed by atoms with E-state index >= 15 is 4.79 Å². The van der Waals surface area contributed by atoms with Gasteiger partial charge in [0, 0.05) is 97.8 Å². The lowest BCUT2D eigenvalue weighted by Crippen LogP contribution is -2.62. The highest BCUT2D eigenvalue weighted by molar-refractivity contribution is 7.98. The Balaban J connectivity index is 0.918. The number of amides is 16. The van der Waals surface area contributed by atoms with Crippen LogP contribution in [0.2, 0.25) is 0 Å². The Morgan fingerprint density at radius 1 is 0.456 bits per heavy atom. The zero-order chi connectivity index (χ0) is 99.7. The highest BCUT2D eigenvalue weighted by atomic mass is 32.2. The minimum atomic E-state index is -2.15. The molecule has 136 heavy (non-hydrogen) atoms. The highest BCUT2D eigenvalue weighted by Gasteiger charge is 2.48. The van der Waals surface area contributed by atoms with Gasteiger partial charge in [-0.1, -0.05) is 36.4 Å². The first-order chi connectivity index (χ1) is 64.9. The van der Waals surface area contributed by atoms with E-state index in [2.05, 4.69) is 110 Å². The van der Waals surface area contributed by atoms with Crippen LogP contribution in [-0.4, -0.2) is 371 Å². The second-order valence-corrected chi connectivity index (χ2v) is 34.9. The summed E-state index contributed by atoms with van der Waals surface area (Å²) in [4.78, 5) is 263. The third kappa shape index (κ3) is 30.2. The predicted octanol–water partition coefficient (Wildman–Crippen LogP) is -8.77. The van der Waals surface area contributed by atoms with Crippen LogP contribution in [0.15, 0.2) is 60.9 Å². The number of aliphatic hydroxyl groups is 4. The number of aromatic nitrogens is 2. The first kappa shape index (κ1) is 109. The zero-order valence-electron chi connectivity index (χ0n) is 74.9. The van der Waals surface area contributed by atoms with E-state index in [1.807, 2.05) is 0 Å². The van der Waals surface area contributed by atoms with Crippen molar-refractivity contribution in [3.05, 3.63) is 72.1 Å². The summed E-state index contributed by atoms with van der Waals surface area (Å²) in [7, 11) is 0. The number of carboxylic acids is 2. The number of para-hydroxylation sites is 2. The standard InChI is InChI=1S/C84H123N25O24S3/c1-42(113)66(77(127)97-51(23-30-136-2)78(128)109-29-12-22-63(109)82(132)133)105-76(126)61-20-10-27-107(61)81(131)62-21-11-28-108(62)80(130)57(39-112)102-75(125)60-19-9-26-106(60)79(129)54(32-44-36-93-48-16-6-4-14-46(44)48)99-73(123)58(40-134)104-72(122)56(38-111)100-70(120)53(33-65(115)116)98-68(118)50(18-8-25-91-84(88)89)95-67(117)49(17-7-24-90-83(86)87)96-71(121)55(37-110)101-74(124)59(41-135)103-69(119)52(94-64(114)34-85)31-43-35-92-47-15-5-3-13-45(43)47/h3-6,13-16,35-36,42,49-63,66,92-93,110-113,134-135H,7-12,17-34,37-41,85H2,1-2H3,(H,94,114)(H,95,117)(H,96,121)(H,97,127)(H,98,118)(H,99,123)(H,100,120)(H,101,124)(H,102,125)(H,103,119)(H,104,122)(H,105,126)(H,115,116)(H,132,133)(H4,86,87,90)(H4,88,89,91)/t42-,49+,50+,51+,52+,53+,54+,55+,56+,57+,58+,59+,60+,61+,62+,63+,66+/m1/s1. The molecule has 8 rings (SSSR count). The number of likely N-dealkylation sites (tertiary alicyclic amines) is 4. The quantitative estimate of drug-likeness (QED) is 0.00845. The number of aromatic amines is 2. The maximum absolute atomic E-state index is 15.2. The molecule has 0 bridgehead atoms. The van der Waals surface area contributed by atoms with E-state index in [0.717, 1.165) is 20.7 Å². The maximum Gasteiger partial charge on any atom is 0.326 e. The molecule has 4 aromatic rings. The second-order valence-electron chi connectivity index (χ2n) is 33.1. The molecule has 0 radical (unpaired) electrons. The molecule has 6 heterocycles. The number of hydrogen-bond donors (Lipinski definition) is 29. The summed E-state index contributed by atoms with van der Waals surface area (Å²) in [5.41, 5.74) is 19.0. The van der Waals surface area contributed by atoms with E-state index in [9.17, 15) is 112 Å². The average Bonchev–Trinajstić information content (AvgIpc) is 1.65. The molecule has 4 aliphatic rings. The predicted molar refractivity (Wildman–Crippen MR) is 497 cm³/mol. The third-order valence-electron chi connectivity index (χ3n) is 23.6. The number of H-pyrrole nitrogens is 2. The first-order valence-electron chi connectivity index (χ1n) is 44.4. The van der Waals surface area contributed by atoms with Gasteiger partial charge in [0.1, 0.15) is 96.7 Å². The number of thioether (sulfide) groups is 1. The van der Waals surface area contributed by atoms with Gasteiger partial charge in [-0.3, -0.25) is 92.3 Å².